The number of carbonyl (C=O) groups excluding carboxylic acids is 1. The first kappa shape index (κ1) is 15.9. The summed E-state index contributed by atoms with van der Waals surface area (Å²) in [4.78, 5) is 14.2. The zero-order valence-corrected chi connectivity index (χ0v) is 13.9. The molecule has 0 spiro atoms. The van der Waals surface area contributed by atoms with Crippen molar-refractivity contribution in [3.05, 3.63) is 51.3 Å². The first-order valence-electron chi connectivity index (χ1n) is 6.54. The number of aryl methyl sites for hydroxylation is 2. The summed E-state index contributed by atoms with van der Waals surface area (Å²) in [7, 11) is 3.51. The third-order valence-electron chi connectivity index (χ3n) is 3.53. The minimum absolute atomic E-state index is 0.100. The fraction of sp³-hybridized carbons (Fsp3) is 0.333. The zero-order valence-electron chi connectivity index (χ0n) is 12.4. The van der Waals surface area contributed by atoms with E-state index < -0.39 is 0 Å². The quantitative estimate of drug-likeness (QED) is 0.859. The summed E-state index contributed by atoms with van der Waals surface area (Å²) in [6, 6.07) is 6.90. The van der Waals surface area contributed by atoms with Crippen LogP contribution in [0, 0.1) is 6.92 Å². The summed E-state index contributed by atoms with van der Waals surface area (Å²) >= 11 is 12.1. The minimum Gasteiger partial charge on any atom is -0.334 e. The van der Waals surface area contributed by atoms with Gasteiger partial charge in [-0.25, -0.2) is 0 Å². The van der Waals surface area contributed by atoms with Crippen LogP contribution in [0.3, 0.4) is 0 Å². The van der Waals surface area contributed by atoms with Gasteiger partial charge in [0.2, 0.25) is 0 Å². The molecular weight excluding hydrogens is 309 g/mol. The molecule has 0 fully saturated rings. The van der Waals surface area contributed by atoms with E-state index in [1.165, 1.54) is 0 Å². The van der Waals surface area contributed by atoms with Gasteiger partial charge in [-0.3, -0.25) is 9.48 Å². The number of carbonyl (C=O) groups is 1. The molecule has 1 aromatic heterocycles. The average molecular weight is 326 g/mol. The van der Waals surface area contributed by atoms with Crippen molar-refractivity contribution in [3.63, 3.8) is 0 Å². The number of amides is 1. The molecule has 0 aliphatic rings. The van der Waals surface area contributed by atoms with Gasteiger partial charge < -0.3 is 4.90 Å². The fourth-order valence-corrected chi connectivity index (χ4v) is 2.78. The Kier molecular flexibility index (Phi) is 4.59. The molecular formula is C15H17Cl2N3O. The Bertz CT molecular complexity index is 682. The number of rotatable bonds is 3. The molecule has 6 heteroatoms. The molecule has 0 aliphatic carbocycles. The molecule has 112 valence electrons. The second kappa shape index (κ2) is 6.08. The number of benzene rings is 1. The zero-order chi connectivity index (χ0) is 15.7. The Morgan fingerprint density at radius 2 is 2.00 bits per heavy atom. The molecule has 0 saturated heterocycles. The lowest BCUT2D eigenvalue weighted by Gasteiger charge is -2.26. The monoisotopic (exact) mass is 325 g/mol. The second-order valence-electron chi connectivity index (χ2n) is 5.05. The summed E-state index contributed by atoms with van der Waals surface area (Å²) in [6.45, 7) is 3.78. The van der Waals surface area contributed by atoms with Gasteiger partial charge in [0, 0.05) is 24.1 Å². The summed E-state index contributed by atoms with van der Waals surface area (Å²) in [5.41, 5.74) is 2.22. The van der Waals surface area contributed by atoms with Gasteiger partial charge in [0.15, 0.2) is 0 Å². The molecule has 1 unspecified atom stereocenters. The van der Waals surface area contributed by atoms with Crippen LogP contribution in [0.4, 0.5) is 0 Å². The number of hydrogen-bond acceptors (Lipinski definition) is 2. The Morgan fingerprint density at radius 3 is 2.52 bits per heavy atom. The van der Waals surface area contributed by atoms with Gasteiger partial charge in [0.1, 0.15) is 5.69 Å². The van der Waals surface area contributed by atoms with Crippen LogP contribution < -0.4 is 0 Å². The molecule has 2 aromatic rings. The molecule has 1 amide bonds. The Morgan fingerprint density at radius 1 is 1.33 bits per heavy atom. The summed E-state index contributed by atoms with van der Waals surface area (Å²) < 4.78 is 1.59. The Balaban J connectivity index is 2.28. The van der Waals surface area contributed by atoms with Crippen molar-refractivity contribution >= 4 is 29.1 Å². The third kappa shape index (κ3) is 3.22. The van der Waals surface area contributed by atoms with Crippen LogP contribution in [0.2, 0.25) is 10.0 Å². The highest BCUT2D eigenvalue weighted by Gasteiger charge is 2.23. The molecule has 0 radical (unpaired) electrons. The predicted molar refractivity (Wildman–Crippen MR) is 84.9 cm³/mol. The number of halogens is 2. The van der Waals surface area contributed by atoms with Crippen LogP contribution in [0.15, 0.2) is 24.3 Å². The standard InChI is InChI=1S/C15H17Cl2N3O/c1-9-7-14(20(4)18-9)15(21)19(3)10(2)12-6-5-11(16)8-13(12)17/h5-8,10H,1-4H3. The molecule has 0 aliphatic heterocycles. The van der Waals surface area contributed by atoms with E-state index in [1.54, 1.807) is 41.9 Å². The van der Waals surface area contributed by atoms with E-state index >= 15 is 0 Å². The molecule has 2 rings (SSSR count). The van der Waals surface area contributed by atoms with Crippen molar-refractivity contribution in [3.8, 4) is 0 Å². The van der Waals surface area contributed by atoms with Gasteiger partial charge in [-0.1, -0.05) is 29.3 Å². The van der Waals surface area contributed by atoms with Gasteiger partial charge in [-0.2, -0.15) is 5.10 Å². The fourth-order valence-electron chi connectivity index (χ4n) is 2.22. The average Bonchev–Trinajstić information content (AvgIpc) is 2.75. The van der Waals surface area contributed by atoms with Crippen molar-refractivity contribution < 1.29 is 4.79 Å². The second-order valence-corrected chi connectivity index (χ2v) is 5.90. The molecule has 0 saturated carbocycles. The SMILES string of the molecule is Cc1cc(C(=O)N(C)C(C)c2ccc(Cl)cc2Cl)n(C)n1. The lowest BCUT2D eigenvalue weighted by atomic mass is 10.1. The van der Waals surface area contributed by atoms with Crippen LogP contribution in [-0.4, -0.2) is 27.6 Å². The van der Waals surface area contributed by atoms with E-state index in [0.717, 1.165) is 11.3 Å². The van der Waals surface area contributed by atoms with Crippen molar-refractivity contribution in [1.29, 1.82) is 0 Å². The third-order valence-corrected chi connectivity index (χ3v) is 4.10. The number of hydrogen-bond donors (Lipinski definition) is 0. The molecule has 0 bridgehead atoms. The number of nitrogens with zero attached hydrogens (tertiary/aromatic N) is 3. The maximum absolute atomic E-state index is 12.6. The lowest BCUT2D eigenvalue weighted by Crippen LogP contribution is -2.31. The Hall–Kier alpha value is -1.52. The smallest absolute Gasteiger partial charge is 0.272 e. The summed E-state index contributed by atoms with van der Waals surface area (Å²) in [5.74, 6) is -0.100. The molecule has 0 N–H and O–H groups in total. The van der Waals surface area contributed by atoms with Gasteiger partial charge in [-0.15, -0.1) is 0 Å². The maximum atomic E-state index is 12.6. The van der Waals surface area contributed by atoms with Gasteiger partial charge in [0.25, 0.3) is 5.91 Å². The Labute approximate surface area is 134 Å². The highest BCUT2D eigenvalue weighted by atomic mass is 35.5. The topological polar surface area (TPSA) is 38.1 Å². The van der Waals surface area contributed by atoms with E-state index in [4.69, 9.17) is 23.2 Å². The maximum Gasteiger partial charge on any atom is 0.272 e. The van der Waals surface area contributed by atoms with Crippen molar-refractivity contribution in [2.75, 3.05) is 7.05 Å². The molecule has 4 nitrogen and oxygen atoms in total. The molecule has 1 aromatic carbocycles. The normalized spacial score (nSPS) is 12.3. The van der Waals surface area contributed by atoms with Gasteiger partial charge in [0.05, 0.1) is 11.7 Å². The van der Waals surface area contributed by atoms with E-state index in [9.17, 15) is 4.79 Å². The van der Waals surface area contributed by atoms with Gasteiger partial charge in [-0.05, 0) is 37.6 Å². The van der Waals surface area contributed by atoms with Crippen LogP contribution in [0.25, 0.3) is 0 Å². The van der Waals surface area contributed by atoms with Crippen LogP contribution >= 0.6 is 23.2 Å². The van der Waals surface area contributed by atoms with Crippen LogP contribution in [-0.2, 0) is 7.05 Å². The molecule has 1 heterocycles. The largest absolute Gasteiger partial charge is 0.334 e. The van der Waals surface area contributed by atoms with Crippen molar-refractivity contribution in [1.82, 2.24) is 14.7 Å². The highest BCUT2D eigenvalue weighted by Crippen LogP contribution is 2.29. The van der Waals surface area contributed by atoms with Gasteiger partial charge >= 0.3 is 0 Å². The van der Waals surface area contributed by atoms with E-state index in [2.05, 4.69) is 5.10 Å². The van der Waals surface area contributed by atoms with Crippen LogP contribution in [0.5, 0.6) is 0 Å². The molecule has 21 heavy (non-hydrogen) atoms. The minimum atomic E-state index is -0.169. The summed E-state index contributed by atoms with van der Waals surface area (Å²) in [6.07, 6.45) is 0. The predicted octanol–water partition coefficient (Wildman–Crippen LogP) is 3.87. The van der Waals surface area contributed by atoms with E-state index in [-0.39, 0.29) is 11.9 Å². The highest BCUT2D eigenvalue weighted by molar-refractivity contribution is 6.35. The lowest BCUT2D eigenvalue weighted by molar-refractivity contribution is 0.0731. The van der Waals surface area contributed by atoms with Crippen LogP contribution in [0.1, 0.15) is 34.7 Å². The summed E-state index contributed by atoms with van der Waals surface area (Å²) in [5, 5.41) is 5.33. The van der Waals surface area contributed by atoms with Crippen molar-refractivity contribution in [2.24, 2.45) is 7.05 Å². The van der Waals surface area contributed by atoms with E-state index in [0.29, 0.717) is 15.7 Å². The number of aromatic nitrogens is 2. The first-order chi connectivity index (χ1) is 9.81. The molecule has 1 atom stereocenters. The first-order valence-corrected chi connectivity index (χ1v) is 7.29. The van der Waals surface area contributed by atoms with Crippen molar-refractivity contribution in [2.45, 2.75) is 19.9 Å². The van der Waals surface area contributed by atoms with E-state index in [1.807, 2.05) is 19.9 Å².